The minimum Gasteiger partial charge on any atom is -0.300 e. The van der Waals surface area contributed by atoms with Gasteiger partial charge in [0.1, 0.15) is 0 Å². The quantitative estimate of drug-likeness (QED) is 0.771. The molecule has 4 rings (SSSR count). The van der Waals surface area contributed by atoms with E-state index in [1.165, 1.54) is 50.8 Å². The van der Waals surface area contributed by atoms with Gasteiger partial charge in [0.2, 0.25) is 0 Å². The Hall–Kier alpha value is -0.720. The van der Waals surface area contributed by atoms with E-state index < -0.39 is 0 Å². The summed E-state index contributed by atoms with van der Waals surface area (Å²) in [5, 5.41) is 0.960. The standard InChI is InChI=1S/C19H26NOP/c1-3-20-9-8-19-12-13(2)4-7-16(19)18(20)10-14-5-6-15(22-21)11-17(14)19/h5-6,11,13,16,18H,3-4,7-10,12H2,1-2H3/t13?,16?,18-,19+/m1/s1. The van der Waals surface area contributed by atoms with Crippen molar-refractivity contribution in [2.75, 3.05) is 13.1 Å². The second kappa shape index (κ2) is 5.42. The van der Waals surface area contributed by atoms with Crippen LogP contribution in [0.4, 0.5) is 0 Å². The number of likely N-dealkylation sites (N-methyl/N-ethyl adjacent to an activating group) is 1. The predicted molar refractivity (Wildman–Crippen MR) is 91.2 cm³/mol. The third kappa shape index (κ3) is 2.03. The fourth-order valence-electron chi connectivity index (χ4n) is 5.82. The molecule has 0 radical (unpaired) electrons. The van der Waals surface area contributed by atoms with Gasteiger partial charge in [-0.1, -0.05) is 26.3 Å². The molecule has 2 nitrogen and oxygen atoms in total. The number of fused-ring (bicyclic) bond motifs is 1. The summed E-state index contributed by atoms with van der Waals surface area (Å²) in [5.74, 6) is 1.63. The van der Waals surface area contributed by atoms with Crippen LogP contribution in [0.25, 0.3) is 0 Å². The number of hydrogen-bond acceptors (Lipinski definition) is 2. The van der Waals surface area contributed by atoms with Crippen LogP contribution in [0.2, 0.25) is 0 Å². The average molecular weight is 315 g/mol. The predicted octanol–water partition coefficient (Wildman–Crippen LogP) is 3.93. The third-order valence-corrected chi connectivity index (χ3v) is 7.23. The Balaban J connectivity index is 1.87. The lowest BCUT2D eigenvalue weighted by molar-refractivity contribution is -0.0208. The molecule has 0 spiro atoms. The van der Waals surface area contributed by atoms with Crippen molar-refractivity contribution >= 4 is 13.8 Å². The van der Waals surface area contributed by atoms with Crippen LogP contribution in [0.15, 0.2) is 18.2 Å². The molecule has 2 aliphatic carbocycles. The molecule has 0 amide bonds. The summed E-state index contributed by atoms with van der Waals surface area (Å²) in [5.41, 5.74) is 3.44. The molecule has 2 bridgehead atoms. The number of hydrogen-bond donors (Lipinski definition) is 0. The van der Waals surface area contributed by atoms with Gasteiger partial charge in [0.05, 0.1) is 0 Å². The molecule has 0 N–H and O–H groups in total. The lowest BCUT2D eigenvalue weighted by Crippen LogP contribution is -2.61. The Kier molecular flexibility index (Phi) is 3.66. The van der Waals surface area contributed by atoms with Crippen molar-refractivity contribution in [1.82, 2.24) is 4.90 Å². The van der Waals surface area contributed by atoms with Gasteiger partial charge in [-0.3, -0.25) is 9.46 Å². The SMILES string of the molecule is CCN1CC[C@]23CC(C)CCC2[C@H]1Cc1ccc(P=O)cc13. The van der Waals surface area contributed by atoms with Gasteiger partial charge < -0.3 is 0 Å². The van der Waals surface area contributed by atoms with E-state index in [0.717, 1.165) is 23.2 Å². The molecule has 0 aromatic heterocycles. The zero-order valence-electron chi connectivity index (χ0n) is 13.7. The molecule has 22 heavy (non-hydrogen) atoms. The van der Waals surface area contributed by atoms with Crippen LogP contribution in [-0.4, -0.2) is 24.0 Å². The molecular formula is C19H26NOP. The highest BCUT2D eigenvalue weighted by Crippen LogP contribution is 2.56. The summed E-state index contributed by atoms with van der Waals surface area (Å²) in [6.07, 6.45) is 6.58. The largest absolute Gasteiger partial charge is 0.300 e. The molecule has 3 heteroatoms. The maximum absolute atomic E-state index is 11.4. The summed E-state index contributed by atoms with van der Waals surface area (Å²) in [6.45, 7) is 7.16. The van der Waals surface area contributed by atoms with E-state index in [1.807, 2.05) is 0 Å². The van der Waals surface area contributed by atoms with E-state index >= 15 is 0 Å². The van der Waals surface area contributed by atoms with E-state index in [-0.39, 0.29) is 8.46 Å². The van der Waals surface area contributed by atoms with Crippen LogP contribution in [0.1, 0.15) is 50.7 Å². The van der Waals surface area contributed by atoms with Crippen LogP contribution in [0, 0.1) is 11.8 Å². The first-order valence-electron chi connectivity index (χ1n) is 8.88. The van der Waals surface area contributed by atoms with Gasteiger partial charge in [-0.15, -0.1) is 0 Å². The number of piperidine rings is 1. The van der Waals surface area contributed by atoms with E-state index in [1.54, 1.807) is 5.56 Å². The first kappa shape index (κ1) is 14.8. The molecule has 2 unspecified atom stereocenters. The number of likely N-dealkylation sites (tertiary alicyclic amines) is 1. The van der Waals surface area contributed by atoms with Gasteiger partial charge in [-0.05, 0) is 73.9 Å². The van der Waals surface area contributed by atoms with Crippen molar-refractivity contribution in [3.8, 4) is 0 Å². The van der Waals surface area contributed by atoms with Gasteiger partial charge in [0.15, 0.2) is 8.46 Å². The topological polar surface area (TPSA) is 20.3 Å². The normalized spacial score (nSPS) is 37.6. The van der Waals surface area contributed by atoms with Crippen molar-refractivity contribution in [3.63, 3.8) is 0 Å². The van der Waals surface area contributed by atoms with Crippen LogP contribution < -0.4 is 5.30 Å². The number of nitrogens with zero attached hydrogens (tertiary/aromatic N) is 1. The first-order chi connectivity index (χ1) is 10.7. The zero-order chi connectivity index (χ0) is 15.3. The molecule has 3 aliphatic rings. The highest BCUT2D eigenvalue weighted by Gasteiger charge is 2.54. The van der Waals surface area contributed by atoms with Gasteiger partial charge in [0, 0.05) is 16.8 Å². The Labute approximate surface area is 135 Å². The molecule has 1 saturated carbocycles. The summed E-state index contributed by atoms with van der Waals surface area (Å²) in [4.78, 5) is 2.72. The van der Waals surface area contributed by atoms with Crippen molar-refractivity contribution < 1.29 is 4.57 Å². The lowest BCUT2D eigenvalue weighted by Gasteiger charge is -2.60. The Morgan fingerprint density at radius 2 is 2.23 bits per heavy atom. The van der Waals surface area contributed by atoms with Crippen LogP contribution >= 0.6 is 8.46 Å². The van der Waals surface area contributed by atoms with E-state index in [9.17, 15) is 4.57 Å². The Morgan fingerprint density at radius 1 is 1.36 bits per heavy atom. The molecule has 4 atom stereocenters. The highest BCUT2D eigenvalue weighted by molar-refractivity contribution is 7.34. The van der Waals surface area contributed by atoms with Crippen LogP contribution in [0.5, 0.6) is 0 Å². The fourth-order valence-corrected chi connectivity index (χ4v) is 6.14. The maximum atomic E-state index is 11.4. The molecule has 2 fully saturated rings. The number of rotatable bonds is 2. The molecular weight excluding hydrogens is 289 g/mol. The highest BCUT2D eigenvalue weighted by atomic mass is 31.1. The Morgan fingerprint density at radius 3 is 3.00 bits per heavy atom. The fraction of sp³-hybridized carbons (Fsp3) is 0.684. The van der Waals surface area contributed by atoms with Gasteiger partial charge in [-0.25, -0.2) is 0 Å². The Bertz CT molecular complexity index is 601. The molecule has 118 valence electrons. The van der Waals surface area contributed by atoms with E-state index in [2.05, 4.69) is 36.9 Å². The number of benzene rings is 1. The van der Waals surface area contributed by atoms with Crippen LogP contribution in [0.3, 0.4) is 0 Å². The van der Waals surface area contributed by atoms with Crippen LogP contribution in [-0.2, 0) is 16.4 Å². The average Bonchev–Trinajstić information content (AvgIpc) is 2.54. The van der Waals surface area contributed by atoms with Gasteiger partial charge in [-0.2, -0.15) is 0 Å². The summed E-state index contributed by atoms with van der Waals surface area (Å²) < 4.78 is 11.4. The van der Waals surface area contributed by atoms with Crippen molar-refractivity contribution in [2.45, 2.75) is 57.4 Å². The molecule has 1 heterocycles. The summed E-state index contributed by atoms with van der Waals surface area (Å²) in [7, 11) is 0.168. The smallest absolute Gasteiger partial charge is 0.192 e. The lowest BCUT2D eigenvalue weighted by atomic mass is 9.51. The maximum Gasteiger partial charge on any atom is 0.192 e. The van der Waals surface area contributed by atoms with Gasteiger partial charge >= 0.3 is 0 Å². The van der Waals surface area contributed by atoms with Gasteiger partial charge in [0.25, 0.3) is 0 Å². The summed E-state index contributed by atoms with van der Waals surface area (Å²) in [6, 6.07) is 7.32. The van der Waals surface area contributed by atoms with E-state index in [0.29, 0.717) is 5.41 Å². The minimum absolute atomic E-state index is 0.168. The molecule has 1 saturated heterocycles. The van der Waals surface area contributed by atoms with Crippen molar-refractivity contribution in [3.05, 3.63) is 29.3 Å². The molecule has 1 aromatic carbocycles. The zero-order valence-corrected chi connectivity index (χ0v) is 14.6. The third-order valence-electron chi connectivity index (χ3n) is 6.74. The summed E-state index contributed by atoms with van der Waals surface area (Å²) >= 11 is 0. The second-order valence-electron chi connectivity index (χ2n) is 7.73. The first-order valence-corrected chi connectivity index (χ1v) is 9.70. The monoisotopic (exact) mass is 315 g/mol. The molecule has 1 aromatic rings. The second-order valence-corrected chi connectivity index (χ2v) is 8.43. The minimum atomic E-state index is 0.168. The van der Waals surface area contributed by atoms with Crippen molar-refractivity contribution in [2.24, 2.45) is 11.8 Å². The molecule has 1 aliphatic heterocycles. The van der Waals surface area contributed by atoms with E-state index in [4.69, 9.17) is 0 Å². The van der Waals surface area contributed by atoms with Crippen molar-refractivity contribution in [1.29, 1.82) is 0 Å².